The number of hydrogen-bond donors (Lipinski definition) is 1. The molecule has 0 aliphatic carbocycles. The van der Waals surface area contributed by atoms with E-state index < -0.39 is 0 Å². The third kappa shape index (κ3) is 3.15. The van der Waals surface area contributed by atoms with Crippen LogP contribution in [-0.4, -0.2) is 22.9 Å². The summed E-state index contributed by atoms with van der Waals surface area (Å²) in [6.07, 6.45) is 3.26. The quantitative estimate of drug-likeness (QED) is 0.772. The molecular formula is C18H21BrN2O2. The molecule has 1 aliphatic heterocycles. The topological polar surface area (TPSA) is 59.5 Å². The SMILES string of the molecule is C[C@@H]1CCC[C@H](C)N1C(=O)c1ccc(-c2ccc(Br)cc2N)o1. The number of benzene rings is 1. The number of nitrogens with two attached hydrogens (primary N) is 1. The predicted molar refractivity (Wildman–Crippen MR) is 95.2 cm³/mol. The zero-order chi connectivity index (χ0) is 16.6. The first-order valence-electron chi connectivity index (χ1n) is 7.95. The molecule has 0 saturated carbocycles. The monoisotopic (exact) mass is 376 g/mol. The smallest absolute Gasteiger partial charge is 0.290 e. The number of carbonyl (C=O) groups excluding carboxylic acids is 1. The highest BCUT2D eigenvalue weighted by Crippen LogP contribution is 2.31. The Hall–Kier alpha value is -1.75. The Morgan fingerprint density at radius 2 is 1.91 bits per heavy atom. The van der Waals surface area contributed by atoms with Crippen LogP contribution in [0.3, 0.4) is 0 Å². The molecule has 1 aromatic heterocycles. The Morgan fingerprint density at radius 3 is 2.57 bits per heavy atom. The molecule has 2 N–H and O–H groups in total. The lowest BCUT2D eigenvalue weighted by Gasteiger charge is -2.38. The molecule has 1 saturated heterocycles. The lowest BCUT2D eigenvalue weighted by atomic mass is 9.97. The summed E-state index contributed by atoms with van der Waals surface area (Å²) in [6, 6.07) is 9.67. The van der Waals surface area contributed by atoms with Gasteiger partial charge in [-0.25, -0.2) is 0 Å². The number of halogens is 1. The fraction of sp³-hybridized carbons (Fsp3) is 0.389. The van der Waals surface area contributed by atoms with E-state index in [9.17, 15) is 4.79 Å². The minimum absolute atomic E-state index is 0.0355. The highest BCUT2D eigenvalue weighted by atomic mass is 79.9. The van der Waals surface area contributed by atoms with Gasteiger partial charge in [0.15, 0.2) is 5.76 Å². The van der Waals surface area contributed by atoms with Crippen molar-refractivity contribution in [1.29, 1.82) is 0 Å². The van der Waals surface area contributed by atoms with Crippen molar-refractivity contribution >= 4 is 27.5 Å². The van der Waals surface area contributed by atoms with Gasteiger partial charge in [-0.3, -0.25) is 4.79 Å². The lowest BCUT2D eigenvalue weighted by molar-refractivity contribution is 0.0479. The maximum Gasteiger partial charge on any atom is 0.290 e. The molecule has 0 spiro atoms. The molecular weight excluding hydrogens is 356 g/mol. The van der Waals surface area contributed by atoms with Gasteiger partial charge in [-0.15, -0.1) is 0 Å². The maximum absolute atomic E-state index is 12.8. The van der Waals surface area contributed by atoms with E-state index in [0.717, 1.165) is 22.9 Å². The van der Waals surface area contributed by atoms with Gasteiger partial charge in [0, 0.05) is 27.8 Å². The number of nitrogen functional groups attached to an aromatic ring is 1. The van der Waals surface area contributed by atoms with Gasteiger partial charge in [0.25, 0.3) is 5.91 Å². The summed E-state index contributed by atoms with van der Waals surface area (Å²) in [5.74, 6) is 0.963. The van der Waals surface area contributed by atoms with Crippen molar-refractivity contribution in [3.8, 4) is 11.3 Å². The van der Waals surface area contributed by atoms with E-state index in [1.54, 1.807) is 6.07 Å². The van der Waals surface area contributed by atoms with Crippen molar-refractivity contribution in [3.63, 3.8) is 0 Å². The zero-order valence-electron chi connectivity index (χ0n) is 13.4. The average Bonchev–Trinajstić information content (AvgIpc) is 2.96. The van der Waals surface area contributed by atoms with Crippen molar-refractivity contribution in [1.82, 2.24) is 4.90 Å². The molecule has 2 atom stereocenters. The maximum atomic E-state index is 12.8. The van der Waals surface area contributed by atoms with Crippen molar-refractivity contribution in [2.75, 3.05) is 5.73 Å². The predicted octanol–water partition coefficient (Wildman–Crippen LogP) is 4.69. The van der Waals surface area contributed by atoms with Crippen LogP contribution < -0.4 is 5.73 Å². The van der Waals surface area contributed by atoms with E-state index in [1.807, 2.05) is 29.2 Å². The molecule has 1 aliphatic rings. The van der Waals surface area contributed by atoms with E-state index in [2.05, 4.69) is 29.8 Å². The second kappa shape index (κ2) is 6.40. The lowest BCUT2D eigenvalue weighted by Crippen LogP contribution is -2.47. The van der Waals surface area contributed by atoms with Gasteiger partial charge in [0.05, 0.1) is 0 Å². The summed E-state index contributed by atoms with van der Waals surface area (Å²) >= 11 is 3.39. The van der Waals surface area contributed by atoms with Crippen LogP contribution in [-0.2, 0) is 0 Å². The number of hydrogen-bond acceptors (Lipinski definition) is 3. The Balaban J connectivity index is 1.88. The number of anilines is 1. The van der Waals surface area contributed by atoms with Gasteiger partial charge in [0.2, 0.25) is 0 Å². The van der Waals surface area contributed by atoms with E-state index in [0.29, 0.717) is 17.2 Å². The van der Waals surface area contributed by atoms with Crippen LogP contribution in [0.25, 0.3) is 11.3 Å². The van der Waals surface area contributed by atoms with E-state index >= 15 is 0 Å². The van der Waals surface area contributed by atoms with Gasteiger partial charge in [-0.1, -0.05) is 15.9 Å². The minimum atomic E-state index is -0.0355. The van der Waals surface area contributed by atoms with E-state index in [4.69, 9.17) is 10.2 Å². The molecule has 5 heteroatoms. The van der Waals surface area contributed by atoms with Crippen LogP contribution >= 0.6 is 15.9 Å². The molecule has 4 nitrogen and oxygen atoms in total. The van der Waals surface area contributed by atoms with Crippen LogP contribution in [0.15, 0.2) is 39.2 Å². The van der Waals surface area contributed by atoms with Crippen LogP contribution in [0, 0.1) is 0 Å². The normalized spacial score (nSPS) is 21.4. The van der Waals surface area contributed by atoms with Crippen molar-refractivity contribution < 1.29 is 9.21 Å². The number of likely N-dealkylation sites (tertiary alicyclic amines) is 1. The van der Waals surface area contributed by atoms with Crippen LogP contribution in [0.2, 0.25) is 0 Å². The summed E-state index contributed by atoms with van der Waals surface area (Å²) in [6.45, 7) is 4.20. The molecule has 0 radical (unpaired) electrons. The summed E-state index contributed by atoms with van der Waals surface area (Å²) in [4.78, 5) is 14.7. The molecule has 1 amide bonds. The summed E-state index contributed by atoms with van der Waals surface area (Å²) in [5.41, 5.74) is 7.46. The zero-order valence-corrected chi connectivity index (χ0v) is 15.0. The molecule has 1 fully saturated rings. The van der Waals surface area contributed by atoms with Gasteiger partial charge >= 0.3 is 0 Å². The number of rotatable bonds is 2. The molecule has 2 heterocycles. The minimum Gasteiger partial charge on any atom is -0.451 e. The first-order valence-corrected chi connectivity index (χ1v) is 8.74. The van der Waals surface area contributed by atoms with Gasteiger partial charge in [-0.2, -0.15) is 0 Å². The molecule has 122 valence electrons. The van der Waals surface area contributed by atoms with E-state index in [-0.39, 0.29) is 18.0 Å². The standard InChI is InChI=1S/C18H21BrN2O2/c1-11-4-3-5-12(2)21(11)18(22)17-9-8-16(23-17)14-7-6-13(19)10-15(14)20/h6-12H,3-5,20H2,1-2H3/t11-,12+. The number of piperidine rings is 1. The molecule has 0 unspecified atom stereocenters. The van der Waals surface area contributed by atoms with Crippen molar-refractivity contribution in [3.05, 3.63) is 40.6 Å². The number of furan rings is 1. The molecule has 0 bridgehead atoms. The first kappa shape index (κ1) is 16.1. The van der Waals surface area contributed by atoms with Gasteiger partial charge in [-0.05, 0) is 63.4 Å². The number of nitrogens with zero attached hydrogens (tertiary/aromatic N) is 1. The van der Waals surface area contributed by atoms with Crippen LogP contribution in [0.1, 0.15) is 43.7 Å². The molecule has 3 rings (SSSR count). The molecule has 23 heavy (non-hydrogen) atoms. The summed E-state index contributed by atoms with van der Waals surface area (Å²) in [5, 5.41) is 0. The fourth-order valence-corrected chi connectivity index (χ4v) is 3.68. The second-order valence-electron chi connectivity index (χ2n) is 6.24. The Labute approximate surface area is 144 Å². The van der Waals surface area contributed by atoms with E-state index in [1.165, 1.54) is 6.42 Å². The van der Waals surface area contributed by atoms with Crippen LogP contribution in [0.5, 0.6) is 0 Å². The summed E-state index contributed by atoms with van der Waals surface area (Å²) in [7, 11) is 0. The van der Waals surface area contributed by atoms with Crippen molar-refractivity contribution in [2.45, 2.75) is 45.2 Å². The molecule has 2 aromatic rings. The fourth-order valence-electron chi connectivity index (χ4n) is 3.30. The Kier molecular flexibility index (Phi) is 4.48. The first-order chi connectivity index (χ1) is 11.0. The third-order valence-corrected chi connectivity index (χ3v) is 5.02. The number of amides is 1. The average molecular weight is 377 g/mol. The molecule has 1 aromatic carbocycles. The highest BCUT2D eigenvalue weighted by Gasteiger charge is 2.31. The number of carbonyl (C=O) groups is 1. The Morgan fingerprint density at radius 1 is 1.22 bits per heavy atom. The third-order valence-electron chi connectivity index (χ3n) is 4.52. The summed E-state index contributed by atoms with van der Waals surface area (Å²) < 4.78 is 6.73. The van der Waals surface area contributed by atoms with Crippen LogP contribution in [0.4, 0.5) is 5.69 Å². The second-order valence-corrected chi connectivity index (χ2v) is 7.15. The van der Waals surface area contributed by atoms with Crippen molar-refractivity contribution in [2.24, 2.45) is 0 Å². The van der Waals surface area contributed by atoms with Gasteiger partial charge < -0.3 is 15.1 Å². The highest BCUT2D eigenvalue weighted by molar-refractivity contribution is 9.10. The van der Waals surface area contributed by atoms with Gasteiger partial charge in [0.1, 0.15) is 5.76 Å². The largest absolute Gasteiger partial charge is 0.451 e. The Bertz CT molecular complexity index is 716.